The van der Waals surface area contributed by atoms with Crippen molar-refractivity contribution in [3.05, 3.63) is 82.4 Å². The average molecular weight is 370 g/mol. The van der Waals surface area contributed by atoms with Crippen molar-refractivity contribution in [3.8, 4) is 11.1 Å². The molecule has 0 fully saturated rings. The van der Waals surface area contributed by atoms with Crippen LogP contribution in [-0.2, 0) is 13.6 Å². The van der Waals surface area contributed by atoms with Crippen LogP contribution in [0.25, 0.3) is 22.3 Å². The lowest BCUT2D eigenvalue weighted by Gasteiger charge is -2.06. The third kappa shape index (κ3) is 2.88. The van der Waals surface area contributed by atoms with Crippen molar-refractivity contribution >= 4 is 11.2 Å². The van der Waals surface area contributed by atoms with E-state index in [0.29, 0.717) is 22.3 Å². The molecule has 0 aliphatic heterocycles. The lowest BCUT2D eigenvalue weighted by atomic mass is 10.1. The molecule has 3 heterocycles. The van der Waals surface area contributed by atoms with Gasteiger partial charge >= 0.3 is 5.69 Å². The highest BCUT2D eigenvalue weighted by molar-refractivity contribution is 5.79. The second-order valence-corrected chi connectivity index (χ2v) is 6.11. The maximum absolute atomic E-state index is 14.1. The Balaban J connectivity index is 1.90. The van der Waals surface area contributed by atoms with Gasteiger partial charge < -0.3 is 0 Å². The van der Waals surface area contributed by atoms with Gasteiger partial charge in [-0.15, -0.1) is 0 Å². The number of pyridine rings is 2. The van der Waals surface area contributed by atoms with Crippen molar-refractivity contribution in [2.75, 3.05) is 0 Å². The highest BCUT2D eigenvalue weighted by atomic mass is 19.2. The summed E-state index contributed by atoms with van der Waals surface area (Å²) in [6.45, 7) is 0.0672. The van der Waals surface area contributed by atoms with E-state index in [-0.39, 0.29) is 17.8 Å². The first-order valence-electron chi connectivity index (χ1n) is 8.05. The Bertz CT molecular complexity index is 1230. The Hall–Kier alpha value is -3.42. The smallest absolute Gasteiger partial charge is 0.286 e. The van der Waals surface area contributed by atoms with E-state index in [1.165, 1.54) is 39.7 Å². The Kier molecular flexibility index (Phi) is 4.02. The van der Waals surface area contributed by atoms with Crippen molar-refractivity contribution in [2.24, 2.45) is 7.05 Å². The van der Waals surface area contributed by atoms with Gasteiger partial charge in [0.2, 0.25) is 0 Å². The summed E-state index contributed by atoms with van der Waals surface area (Å²) in [5.74, 6) is -2.47. The molecule has 0 radical (unpaired) electrons. The van der Waals surface area contributed by atoms with Gasteiger partial charge in [-0.3, -0.25) is 14.1 Å². The van der Waals surface area contributed by atoms with Crippen LogP contribution in [0.4, 0.5) is 13.2 Å². The zero-order valence-electron chi connectivity index (χ0n) is 14.2. The minimum absolute atomic E-state index is 0.0414. The van der Waals surface area contributed by atoms with E-state index in [1.807, 2.05) is 0 Å². The first-order chi connectivity index (χ1) is 13.0. The largest absolute Gasteiger partial charge is 0.330 e. The van der Waals surface area contributed by atoms with Crippen LogP contribution in [0.2, 0.25) is 0 Å². The Labute approximate surface area is 151 Å². The summed E-state index contributed by atoms with van der Waals surface area (Å²) in [4.78, 5) is 20.6. The van der Waals surface area contributed by atoms with E-state index in [1.54, 1.807) is 13.1 Å². The number of aromatic nitrogens is 4. The number of hydrogen-bond donors (Lipinski definition) is 0. The number of aryl methyl sites for hydroxylation is 1. The molecule has 0 saturated heterocycles. The Morgan fingerprint density at radius 2 is 1.89 bits per heavy atom. The highest BCUT2D eigenvalue weighted by Crippen LogP contribution is 2.26. The number of nitrogens with zero attached hydrogens (tertiary/aromatic N) is 4. The summed E-state index contributed by atoms with van der Waals surface area (Å²) >= 11 is 0. The van der Waals surface area contributed by atoms with Crippen LogP contribution in [-0.4, -0.2) is 19.1 Å². The van der Waals surface area contributed by atoms with Gasteiger partial charge in [0.25, 0.3) is 0 Å². The van der Waals surface area contributed by atoms with Crippen LogP contribution in [0.15, 0.2) is 53.7 Å². The monoisotopic (exact) mass is 370 g/mol. The third-order valence-corrected chi connectivity index (χ3v) is 4.34. The number of fused-ring (bicyclic) bond motifs is 1. The molecule has 4 rings (SSSR count). The van der Waals surface area contributed by atoms with E-state index >= 15 is 0 Å². The zero-order valence-corrected chi connectivity index (χ0v) is 14.2. The second kappa shape index (κ2) is 6.39. The summed E-state index contributed by atoms with van der Waals surface area (Å²) in [6, 6.07) is 6.70. The molecule has 0 atom stereocenters. The Morgan fingerprint density at radius 3 is 2.67 bits per heavy atom. The molecule has 3 aromatic heterocycles. The number of hydrogen-bond acceptors (Lipinski definition) is 3. The predicted octanol–water partition coefficient (Wildman–Crippen LogP) is 3.26. The summed E-state index contributed by atoms with van der Waals surface area (Å²) < 4.78 is 43.8. The zero-order chi connectivity index (χ0) is 19.1. The molecule has 0 aliphatic rings. The molecule has 136 valence electrons. The standard InChI is InChI=1S/C19H13F3N4O/c1-25-18-16(26(19(25)27)10-11-5-13(20)9-23-7-11)6-12(8-24-18)14-3-2-4-15(21)17(14)22/h2-9H,10H2,1H3. The molecule has 0 spiro atoms. The molecule has 0 unspecified atom stereocenters. The maximum atomic E-state index is 14.1. The molecular weight excluding hydrogens is 357 g/mol. The lowest BCUT2D eigenvalue weighted by Crippen LogP contribution is -2.22. The van der Waals surface area contributed by atoms with Gasteiger partial charge in [-0.05, 0) is 23.8 Å². The quantitative estimate of drug-likeness (QED) is 0.556. The molecule has 0 saturated carbocycles. The van der Waals surface area contributed by atoms with Gasteiger partial charge in [-0.25, -0.2) is 22.9 Å². The van der Waals surface area contributed by atoms with Crippen molar-refractivity contribution in [3.63, 3.8) is 0 Å². The van der Waals surface area contributed by atoms with Crippen LogP contribution >= 0.6 is 0 Å². The molecule has 0 N–H and O–H groups in total. The van der Waals surface area contributed by atoms with Crippen LogP contribution in [0, 0.1) is 17.5 Å². The van der Waals surface area contributed by atoms with Crippen LogP contribution in [0.5, 0.6) is 0 Å². The average Bonchev–Trinajstić information content (AvgIpc) is 2.88. The molecule has 8 heteroatoms. The van der Waals surface area contributed by atoms with Gasteiger partial charge in [0, 0.05) is 30.6 Å². The maximum Gasteiger partial charge on any atom is 0.330 e. The molecular formula is C19H13F3N4O. The van der Waals surface area contributed by atoms with E-state index < -0.39 is 17.5 Å². The summed E-state index contributed by atoms with van der Waals surface area (Å²) in [7, 11) is 1.56. The second-order valence-electron chi connectivity index (χ2n) is 6.11. The predicted molar refractivity (Wildman–Crippen MR) is 93.6 cm³/mol. The van der Waals surface area contributed by atoms with Crippen LogP contribution < -0.4 is 5.69 Å². The normalized spacial score (nSPS) is 11.3. The van der Waals surface area contributed by atoms with Crippen molar-refractivity contribution in [1.82, 2.24) is 19.1 Å². The number of rotatable bonds is 3. The number of halogens is 3. The highest BCUT2D eigenvalue weighted by Gasteiger charge is 2.16. The fourth-order valence-corrected chi connectivity index (χ4v) is 3.03. The molecule has 0 aliphatic carbocycles. The first-order valence-corrected chi connectivity index (χ1v) is 8.05. The van der Waals surface area contributed by atoms with Crippen molar-refractivity contribution in [1.29, 1.82) is 0 Å². The lowest BCUT2D eigenvalue weighted by molar-refractivity contribution is 0.511. The summed E-state index contributed by atoms with van der Waals surface area (Å²) in [6.07, 6.45) is 3.91. The van der Waals surface area contributed by atoms with Crippen molar-refractivity contribution in [2.45, 2.75) is 6.54 Å². The van der Waals surface area contributed by atoms with Gasteiger partial charge in [-0.1, -0.05) is 12.1 Å². The van der Waals surface area contributed by atoms with Crippen LogP contribution in [0.1, 0.15) is 5.56 Å². The number of benzene rings is 1. The SMILES string of the molecule is Cn1c(=O)n(Cc2cncc(F)c2)c2cc(-c3cccc(F)c3F)cnc21. The fourth-order valence-electron chi connectivity index (χ4n) is 3.03. The first kappa shape index (κ1) is 17.0. The molecule has 0 amide bonds. The van der Waals surface area contributed by atoms with E-state index in [2.05, 4.69) is 9.97 Å². The summed E-state index contributed by atoms with van der Waals surface area (Å²) in [5, 5.41) is 0. The van der Waals surface area contributed by atoms with Gasteiger partial charge in [-0.2, -0.15) is 0 Å². The van der Waals surface area contributed by atoms with E-state index in [0.717, 1.165) is 12.3 Å². The minimum Gasteiger partial charge on any atom is -0.286 e. The number of imidazole rings is 1. The minimum atomic E-state index is -0.988. The fraction of sp³-hybridized carbons (Fsp3) is 0.105. The molecule has 5 nitrogen and oxygen atoms in total. The van der Waals surface area contributed by atoms with Gasteiger partial charge in [0.05, 0.1) is 18.3 Å². The van der Waals surface area contributed by atoms with Crippen molar-refractivity contribution < 1.29 is 13.2 Å². The third-order valence-electron chi connectivity index (χ3n) is 4.34. The molecule has 0 bridgehead atoms. The molecule has 27 heavy (non-hydrogen) atoms. The topological polar surface area (TPSA) is 52.7 Å². The summed E-state index contributed by atoms with van der Waals surface area (Å²) in [5.41, 5.74) is 1.30. The molecule has 1 aromatic carbocycles. The van der Waals surface area contributed by atoms with E-state index in [9.17, 15) is 18.0 Å². The Morgan fingerprint density at radius 1 is 1.07 bits per heavy atom. The van der Waals surface area contributed by atoms with E-state index in [4.69, 9.17) is 0 Å². The van der Waals surface area contributed by atoms with Gasteiger partial charge in [0.15, 0.2) is 17.3 Å². The van der Waals surface area contributed by atoms with Crippen LogP contribution in [0.3, 0.4) is 0 Å². The van der Waals surface area contributed by atoms with Gasteiger partial charge in [0.1, 0.15) is 5.82 Å². The molecule has 4 aromatic rings.